The predicted octanol–water partition coefficient (Wildman–Crippen LogP) is 4.11. The van der Waals surface area contributed by atoms with Gasteiger partial charge in [0.05, 0.1) is 32.5 Å². The average molecular weight is 841 g/mol. The number of fused-ring (bicyclic) bond motifs is 3. The van der Waals surface area contributed by atoms with Crippen LogP contribution in [0.4, 0.5) is 16.4 Å². The van der Waals surface area contributed by atoms with E-state index in [1.807, 2.05) is 30.3 Å². The van der Waals surface area contributed by atoms with E-state index in [9.17, 15) is 28.7 Å². The molecule has 6 rings (SSSR count). The number of imidazole rings is 1. The van der Waals surface area contributed by atoms with Crippen molar-refractivity contribution in [3.05, 3.63) is 58.4 Å². The minimum atomic E-state index is -4.92. The second-order valence-corrected chi connectivity index (χ2v) is 16.3. The summed E-state index contributed by atoms with van der Waals surface area (Å²) in [7, 11) is -4.92. The molecule has 0 spiro atoms. The van der Waals surface area contributed by atoms with Crippen molar-refractivity contribution in [3.8, 4) is 10.6 Å². The van der Waals surface area contributed by atoms with E-state index in [0.29, 0.717) is 25.9 Å². The number of aromatic amines is 1. The number of nitrogens with one attached hydrogen (secondary N) is 3. The number of hydrogen-bond donors (Lipinski definition) is 7. The third-order valence-electron chi connectivity index (χ3n) is 9.53. The number of alkyl carbamates (subject to hydrolysis) is 1. The highest BCUT2D eigenvalue weighted by Gasteiger charge is 2.42. The Morgan fingerprint density at radius 3 is 2.57 bits per heavy atom. The number of nitrogens with two attached hydrogens (primary N) is 2. The molecule has 4 heterocycles. The van der Waals surface area contributed by atoms with Crippen molar-refractivity contribution < 1.29 is 37.9 Å². The molecule has 58 heavy (non-hydrogen) atoms. The van der Waals surface area contributed by atoms with Crippen molar-refractivity contribution >= 4 is 64.2 Å². The Balaban J connectivity index is 0.780. The number of ether oxygens (including phenoxy) is 2. The summed E-state index contributed by atoms with van der Waals surface area (Å²) in [6.07, 6.45) is 6.16. The topological polar surface area (TPSA) is 284 Å². The fourth-order valence-corrected chi connectivity index (χ4v) is 8.27. The lowest BCUT2D eigenvalue weighted by molar-refractivity contribution is -0.121. The molecular weight excluding hydrogens is 792 g/mol. The van der Waals surface area contributed by atoms with Crippen LogP contribution >= 0.6 is 19.2 Å². The first-order chi connectivity index (χ1) is 27.9. The molecule has 1 aromatic carbocycles. The van der Waals surface area contributed by atoms with Crippen LogP contribution in [-0.4, -0.2) is 84.7 Å². The Hall–Kier alpha value is -4.98. The molecular formula is C37H49N10O9PS. The SMILES string of the molecule is Nc1ccc2nc3ccc(=NCCCCCCCC(=O)NCCCCCCNC(=O)OC[C@H]4O[C@@H](n5cnc6c(=O)[nH]c(N)nc65)C[C@@H]4OP(=O)(O)O)cc-3sc2c1. The molecule has 0 saturated carbocycles. The van der Waals surface area contributed by atoms with Crippen LogP contribution in [-0.2, 0) is 23.4 Å². The van der Waals surface area contributed by atoms with Crippen LogP contribution in [0.1, 0.15) is 76.9 Å². The van der Waals surface area contributed by atoms with E-state index in [-0.39, 0.29) is 36.0 Å². The van der Waals surface area contributed by atoms with E-state index < -0.39 is 37.9 Å². The Bertz CT molecular complexity index is 2330. The largest absolute Gasteiger partial charge is 0.469 e. The normalized spacial score (nSPS) is 17.3. The van der Waals surface area contributed by atoms with Crippen molar-refractivity contribution in [3.63, 3.8) is 0 Å². The third kappa shape index (κ3) is 12.3. The molecule has 2 aliphatic heterocycles. The Morgan fingerprint density at radius 1 is 1.00 bits per heavy atom. The van der Waals surface area contributed by atoms with Crippen molar-refractivity contribution in [2.24, 2.45) is 4.99 Å². The first-order valence-electron chi connectivity index (χ1n) is 19.3. The second kappa shape index (κ2) is 20.1. The van der Waals surface area contributed by atoms with Gasteiger partial charge in [-0.15, -0.1) is 11.3 Å². The van der Waals surface area contributed by atoms with Gasteiger partial charge in [-0.2, -0.15) is 4.98 Å². The number of hydrogen-bond acceptors (Lipinski definition) is 14. The molecule has 21 heteroatoms. The summed E-state index contributed by atoms with van der Waals surface area (Å²) in [5, 5.41) is 6.58. The molecule has 0 radical (unpaired) electrons. The second-order valence-electron chi connectivity index (χ2n) is 14.1. The molecule has 1 saturated heterocycles. The molecule has 1 fully saturated rings. The van der Waals surface area contributed by atoms with Gasteiger partial charge in [-0.25, -0.2) is 19.3 Å². The molecule has 0 bridgehead atoms. The van der Waals surface area contributed by atoms with Crippen molar-refractivity contribution in [1.82, 2.24) is 35.1 Å². The number of benzene rings is 2. The fraction of sp³-hybridized carbons (Fsp3) is 0.486. The summed E-state index contributed by atoms with van der Waals surface area (Å²) >= 11 is 1.67. The van der Waals surface area contributed by atoms with Crippen LogP contribution < -0.4 is 33.0 Å². The van der Waals surface area contributed by atoms with Crippen LogP contribution in [0.5, 0.6) is 0 Å². The zero-order valence-electron chi connectivity index (χ0n) is 31.9. The van der Waals surface area contributed by atoms with Crippen LogP contribution in [0, 0.1) is 0 Å². The maximum absolute atomic E-state index is 12.3. The van der Waals surface area contributed by atoms with Crippen LogP contribution in [0.2, 0.25) is 0 Å². The van der Waals surface area contributed by atoms with Crippen molar-refractivity contribution in [2.75, 3.05) is 37.7 Å². The number of nitrogen functional groups attached to an aromatic ring is 2. The molecule has 0 unspecified atom stereocenters. The number of phosphoric ester groups is 1. The van der Waals surface area contributed by atoms with E-state index in [4.69, 9.17) is 35.4 Å². The van der Waals surface area contributed by atoms with Gasteiger partial charge in [0, 0.05) is 38.2 Å². The third-order valence-corrected chi connectivity index (χ3v) is 11.2. The van der Waals surface area contributed by atoms with Crippen molar-refractivity contribution in [2.45, 2.75) is 89.1 Å². The number of carbonyl (C=O) groups excluding carboxylic acids is 2. The Labute approximate surface area is 337 Å². The number of carbonyl (C=O) groups is 2. The van der Waals surface area contributed by atoms with E-state index in [2.05, 4.69) is 31.7 Å². The van der Waals surface area contributed by atoms with Gasteiger partial charge >= 0.3 is 13.9 Å². The van der Waals surface area contributed by atoms with E-state index in [1.165, 1.54) is 10.9 Å². The van der Waals surface area contributed by atoms with Gasteiger partial charge < -0.3 is 41.4 Å². The smallest absolute Gasteiger partial charge is 0.447 e. The van der Waals surface area contributed by atoms with Crippen molar-refractivity contribution in [1.29, 1.82) is 0 Å². The van der Waals surface area contributed by atoms with Gasteiger partial charge in [-0.05, 0) is 62.1 Å². The minimum Gasteiger partial charge on any atom is -0.447 e. The number of nitrogens with zero attached hydrogens (tertiary/aromatic N) is 5. The summed E-state index contributed by atoms with van der Waals surface area (Å²) in [6.45, 7) is 1.36. The van der Waals surface area contributed by atoms with E-state index >= 15 is 0 Å². The highest BCUT2D eigenvalue weighted by Crippen LogP contribution is 2.44. The highest BCUT2D eigenvalue weighted by molar-refractivity contribution is 7.46. The summed E-state index contributed by atoms with van der Waals surface area (Å²) in [4.78, 5) is 76.6. The van der Waals surface area contributed by atoms with Gasteiger partial charge in [-0.1, -0.05) is 32.1 Å². The molecule has 9 N–H and O–H groups in total. The van der Waals surface area contributed by atoms with Gasteiger partial charge in [0.25, 0.3) is 5.56 Å². The number of H-pyrrole nitrogens is 1. The quantitative estimate of drug-likeness (QED) is 0.0251. The Morgan fingerprint density at radius 2 is 1.76 bits per heavy atom. The molecule has 1 aliphatic carbocycles. The lowest BCUT2D eigenvalue weighted by atomic mass is 10.1. The van der Waals surface area contributed by atoms with Gasteiger partial charge in [0.1, 0.15) is 25.0 Å². The molecule has 3 aromatic rings. The van der Waals surface area contributed by atoms with Gasteiger partial charge in [0.2, 0.25) is 11.9 Å². The van der Waals surface area contributed by atoms with Crippen LogP contribution in [0.15, 0.2) is 52.5 Å². The number of phosphoric acid groups is 1. The number of amides is 2. The zero-order valence-corrected chi connectivity index (χ0v) is 33.6. The zero-order chi connectivity index (χ0) is 41.1. The molecule has 3 atom stereocenters. The summed E-state index contributed by atoms with van der Waals surface area (Å²) in [5.74, 6) is -0.0854. The lowest BCUT2D eigenvalue weighted by Crippen LogP contribution is -2.33. The summed E-state index contributed by atoms with van der Waals surface area (Å²) < 4.78 is 30.1. The molecule has 2 amide bonds. The maximum Gasteiger partial charge on any atom is 0.469 e. The average Bonchev–Trinajstić information content (AvgIpc) is 3.78. The number of rotatable bonds is 20. The van der Waals surface area contributed by atoms with Crippen LogP contribution in [0.3, 0.4) is 0 Å². The van der Waals surface area contributed by atoms with Gasteiger partial charge in [0.15, 0.2) is 11.2 Å². The number of aromatic nitrogens is 5. The maximum atomic E-state index is 12.3. The fourth-order valence-electron chi connectivity index (χ4n) is 6.65. The molecule has 2 aromatic heterocycles. The monoisotopic (exact) mass is 840 g/mol. The molecule has 312 valence electrons. The minimum absolute atomic E-state index is 0.00441. The first-order valence-corrected chi connectivity index (χ1v) is 21.7. The summed E-state index contributed by atoms with van der Waals surface area (Å²) in [5.41, 5.74) is 13.8. The van der Waals surface area contributed by atoms with Crippen LogP contribution in [0.25, 0.3) is 32.0 Å². The van der Waals surface area contributed by atoms with E-state index in [0.717, 1.165) is 89.7 Å². The first kappa shape index (κ1) is 42.6. The standard InChI is InChI=1S/C37H49N10O9PS/c38-23-11-13-25-29(18-23)58-30-19-24(12-14-26(30)44-25)40-15-7-3-1-2-6-10-31(48)41-16-8-4-5-9-17-42-37(50)54-21-28-27(56-57(51,52)53)20-32(55-28)47-22-43-33-34(47)45-36(39)46-35(33)49/h11-14,18-19,22,27-28,32H,1-10,15-17,20-21,38H2,(H,41,48)(H,42,50)(H2,51,52,53)(H3,39,45,46,49)/t27-,28+,32+/m0/s1. The number of anilines is 2. The van der Waals surface area contributed by atoms with Gasteiger partial charge in [-0.3, -0.25) is 28.7 Å². The number of unbranched alkanes of at least 4 members (excludes halogenated alkanes) is 7. The highest BCUT2D eigenvalue weighted by atomic mass is 32.1. The van der Waals surface area contributed by atoms with E-state index in [1.54, 1.807) is 11.3 Å². The molecule has 3 aliphatic rings. The Kier molecular flexibility index (Phi) is 14.8. The predicted molar refractivity (Wildman–Crippen MR) is 218 cm³/mol. The summed E-state index contributed by atoms with van der Waals surface area (Å²) in [6, 6.07) is 11.9. The lowest BCUT2D eigenvalue weighted by Gasteiger charge is -2.19. The molecule has 19 nitrogen and oxygen atoms in total.